The Kier molecular flexibility index (Phi) is 27.3. The molecule has 0 unspecified atom stereocenters. The molecule has 1 saturated heterocycles. The van der Waals surface area contributed by atoms with Gasteiger partial charge in [-0.1, -0.05) is 173 Å². The maximum Gasteiger partial charge on any atom is 0.407 e. The van der Waals surface area contributed by atoms with Gasteiger partial charge in [-0.15, -0.1) is 0 Å². The number of aliphatic hydroxyl groups excluding tert-OH is 3. The van der Waals surface area contributed by atoms with Gasteiger partial charge in [-0.05, 0) is 18.4 Å². The van der Waals surface area contributed by atoms with E-state index in [9.17, 15) is 29.7 Å². The van der Waals surface area contributed by atoms with Crippen LogP contribution in [0.25, 0.3) is 0 Å². The molecular formula is C43H76N4O8. The molecule has 1 aliphatic heterocycles. The Morgan fingerprint density at radius 3 is 1.73 bits per heavy atom. The van der Waals surface area contributed by atoms with Crippen LogP contribution in [0.3, 0.4) is 0 Å². The first-order valence-corrected chi connectivity index (χ1v) is 21.7. The molecule has 2 rings (SSSR count). The van der Waals surface area contributed by atoms with Crippen molar-refractivity contribution in [2.24, 2.45) is 0 Å². The van der Waals surface area contributed by atoms with Crippen molar-refractivity contribution in [2.75, 3.05) is 26.2 Å². The number of nitrogens with one attached hydrogen (secondary N) is 3. The molecule has 0 saturated carbocycles. The van der Waals surface area contributed by atoms with Crippen LogP contribution in [0.2, 0.25) is 0 Å². The molecule has 12 heteroatoms. The number of rotatable bonds is 31. The average molecular weight is 777 g/mol. The van der Waals surface area contributed by atoms with E-state index in [0.717, 1.165) is 44.1 Å². The number of nitrogens with zero attached hydrogens (tertiary/aromatic N) is 1. The SMILES string of the molecule is CCCCCCCCCCCCCCNC(=O)N(CCCCCCCCCCCC)[C@@H]1O[C@H](CO)[C@@H](O)[C@H](O)[C@H]1NC(=O)CNC(=O)OCc1ccccc1. The Morgan fingerprint density at radius 1 is 0.691 bits per heavy atom. The average Bonchev–Trinajstić information content (AvgIpc) is 3.19. The number of hydrogen-bond donors (Lipinski definition) is 6. The van der Waals surface area contributed by atoms with Gasteiger partial charge >= 0.3 is 12.1 Å². The van der Waals surface area contributed by atoms with E-state index in [1.54, 1.807) is 0 Å². The summed E-state index contributed by atoms with van der Waals surface area (Å²) in [6.45, 7) is 4.20. The fourth-order valence-corrected chi connectivity index (χ4v) is 7.06. The van der Waals surface area contributed by atoms with E-state index >= 15 is 0 Å². The summed E-state index contributed by atoms with van der Waals surface area (Å²) < 4.78 is 11.3. The standard InChI is InChI=1S/C43H76N4O8/c1-3-5-7-9-11-13-15-16-17-19-21-26-30-44-42(52)47(31-27-22-20-18-14-12-10-8-6-4-2)41-38(40(51)39(50)36(33-48)55-41)46-37(49)32-45-43(53)54-34-35-28-24-23-25-29-35/h23-25,28-29,36,38-41,48,50-51H,3-22,26-27,30-34H2,1-2H3,(H,44,52)(H,45,53)(H,46,49)/t36-,38-,39-,40-,41-/m1/s1. The van der Waals surface area contributed by atoms with E-state index < -0.39 is 61.8 Å². The summed E-state index contributed by atoms with van der Waals surface area (Å²) in [5.41, 5.74) is 0.791. The van der Waals surface area contributed by atoms with Crippen molar-refractivity contribution in [2.45, 2.75) is 192 Å². The van der Waals surface area contributed by atoms with Gasteiger partial charge < -0.3 is 40.7 Å². The first-order chi connectivity index (χ1) is 26.8. The van der Waals surface area contributed by atoms with Crippen molar-refractivity contribution in [3.63, 3.8) is 0 Å². The number of alkyl carbamates (subject to hydrolysis) is 1. The van der Waals surface area contributed by atoms with Crippen molar-refractivity contribution >= 4 is 18.0 Å². The van der Waals surface area contributed by atoms with Gasteiger partial charge in [0.15, 0.2) is 6.23 Å². The zero-order valence-electron chi connectivity index (χ0n) is 34.2. The van der Waals surface area contributed by atoms with E-state index in [-0.39, 0.29) is 6.61 Å². The predicted molar refractivity (Wildman–Crippen MR) is 217 cm³/mol. The summed E-state index contributed by atoms with van der Waals surface area (Å²) in [5, 5.41) is 40.0. The van der Waals surface area contributed by atoms with Gasteiger partial charge in [0.2, 0.25) is 5.91 Å². The van der Waals surface area contributed by atoms with Crippen LogP contribution in [-0.2, 0) is 20.9 Å². The zero-order valence-corrected chi connectivity index (χ0v) is 34.2. The molecule has 0 radical (unpaired) electrons. The largest absolute Gasteiger partial charge is 0.445 e. The lowest BCUT2D eigenvalue weighted by atomic mass is 9.95. The molecule has 55 heavy (non-hydrogen) atoms. The van der Waals surface area contributed by atoms with Crippen molar-refractivity contribution < 1.29 is 39.2 Å². The lowest BCUT2D eigenvalue weighted by Crippen LogP contribution is -2.70. The molecule has 12 nitrogen and oxygen atoms in total. The number of hydrogen-bond acceptors (Lipinski definition) is 8. The van der Waals surface area contributed by atoms with Gasteiger partial charge in [-0.3, -0.25) is 9.69 Å². The van der Waals surface area contributed by atoms with E-state index in [1.807, 2.05) is 30.3 Å². The minimum absolute atomic E-state index is 0.0303. The second-order valence-electron chi connectivity index (χ2n) is 15.2. The Morgan fingerprint density at radius 2 is 1.20 bits per heavy atom. The van der Waals surface area contributed by atoms with Gasteiger partial charge in [0.05, 0.1) is 6.61 Å². The minimum atomic E-state index is -1.55. The van der Waals surface area contributed by atoms with Crippen LogP contribution >= 0.6 is 0 Å². The second-order valence-corrected chi connectivity index (χ2v) is 15.2. The Hall–Kier alpha value is -2.93. The topological polar surface area (TPSA) is 170 Å². The van der Waals surface area contributed by atoms with E-state index in [0.29, 0.717) is 19.5 Å². The highest BCUT2D eigenvalue weighted by Crippen LogP contribution is 2.25. The number of carbonyl (C=O) groups excluding carboxylic acids is 3. The molecule has 4 amide bonds. The molecule has 1 aromatic carbocycles. The van der Waals surface area contributed by atoms with Crippen LogP contribution in [0.1, 0.15) is 161 Å². The van der Waals surface area contributed by atoms with Crippen molar-refractivity contribution in [1.82, 2.24) is 20.9 Å². The Bertz CT molecular complexity index is 1130. The normalized spacial score (nSPS) is 19.5. The number of urea groups is 1. The monoisotopic (exact) mass is 777 g/mol. The van der Waals surface area contributed by atoms with Gasteiger partial charge in [-0.25, -0.2) is 9.59 Å². The first kappa shape index (κ1) is 48.2. The lowest BCUT2D eigenvalue weighted by Gasteiger charge is -2.46. The van der Waals surface area contributed by atoms with E-state index in [2.05, 4.69) is 29.8 Å². The molecule has 1 aliphatic rings. The van der Waals surface area contributed by atoms with E-state index in [4.69, 9.17) is 9.47 Å². The van der Waals surface area contributed by atoms with Crippen LogP contribution in [0, 0.1) is 0 Å². The summed E-state index contributed by atoms with van der Waals surface area (Å²) in [5.74, 6) is -0.667. The smallest absolute Gasteiger partial charge is 0.407 e. The number of amides is 4. The molecule has 6 N–H and O–H groups in total. The maximum absolute atomic E-state index is 13.8. The van der Waals surface area contributed by atoms with Crippen molar-refractivity contribution in [3.8, 4) is 0 Å². The Balaban J connectivity index is 1.96. The molecule has 0 bridgehead atoms. The maximum atomic E-state index is 13.8. The highest BCUT2D eigenvalue weighted by Gasteiger charge is 2.48. The fourth-order valence-electron chi connectivity index (χ4n) is 7.06. The summed E-state index contributed by atoms with van der Waals surface area (Å²) in [7, 11) is 0. The summed E-state index contributed by atoms with van der Waals surface area (Å²) in [6.07, 6.45) is 19.6. The summed E-state index contributed by atoms with van der Waals surface area (Å²) >= 11 is 0. The third kappa shape index (κ3) is 21.3. The van der Waals surface area contributed by atoms with Crippen LogP contribution in [0.15, 0.2) is 30.3 Å². The number of aliphatic hydroxyl groups is 3. The molecular weight excluding hydrogens is 700 g/mol. The predicted octanol–water partition coefficient (Wildman–Crippen LogP) is 7.47. The molecule has 0 spiro atoms. The van der Waals surface area contributed by atoms with Crippen molar-refractivity contribution in [1.29, 1.82) is 0 Å². The van der Waals surface area contributed by atoms with Crippen LogP contribution in [0.5, 0.6) is 0 Å². The van der Waals surface area contributed by atoms with Gasteiger partial charge in [0.1, 0.15) is 37.5 Å². The quantitative estimate of drug-likeness (QED) is 0.0422. The second kappa shape index (κ2) is 31.2. The highest BCUT2D eigenvalue weighted by molar-refractivity contribution is 5.82. The minimum Gasteiger partial charge on any atom is -0.445 e. The first-order valence-electron chi connectivity index (χ1n) is 21.7. The third-order valence-electron chi connectivity index (χ3n) is 10.5. The number of carbonyl (C=O) groups is 3. The molecule has 1 fully saturated rings. The molecule has 0 aromatic heterocycles. The molecule has 0 aliphatic carbocycles. The fraction of sp³-hybridized carbons (Fsp3) is 0.791. The molecule has 5 atom stereocenters. The zero-order chi connectivity index (χ0) is 39.9. The van der Waals surface area contributed by atoms with Crippen molar-refractivity contribution in [3.05, 3.63) is 35.9 Å². The Labute approximate surface area is 331 Å². The van der Waals surface area contributed by atoms with Crippen LogP contribution in [0.4, 0.5) is 9.59 Å². The molecule has 1 heterocycles. The summed E-state index contributed by atoms with van der Waals surface area (Å²) in [6, 6.07) is 7.50. The van der Waals surface area contributed by atoms with Gasteiger partial charge in [-0.2, -0.15) is 0 Å². The van der Waals surface area contributed by atoms with Crippen LogP contribution < -0.4 is 16.0 Å². The highest BCUT2D eigenvalue weighted by atomic mass is 16.6. The van der Waals surface area contributed by atoms with Crippen LogP contribution in [-0.4, -0.2) is 95.1 Å². The number of benzene rings is 1. The lowest BCUT2D eigenvalue weighted by molar-refractivity contribution is -0.224. The number of ether oxygens (including phenoxy) is 2. The molecule has 316 valence electrons. The van der Waals surface area contributed by atoms with Gasteiger partial charge in [0, 0.05) is 13.1 Å². The van der Waals surface area contributed by atoms with E-state index in [1.165, 1.54) is 101 Å². The third-order valence-corrected chi connectivity index (χ3v) is 10.5. The van der Waals surface area contributed by atoms with Gasteiger partial charge in [0.25, 0.3) is 0 Å². The number of unbranched alkanes of at least 4 members (excludes halogenated alkanes) is 20. The summed E-state index contributed by atoms with van der Waals surface area (Å²) in [4.78, 5) is 40.6. The molecule has 1 aromatic rings.